The van der Waals surface area contributed by atoms with Gasteiger partial charge in [-0.2, -0.15) is 0 Å². The molecule has 2 N–H and O–H groups in total. The molecule has 0 aliphatic heterocycles. The molecule has 0 saturated heterocycles. The normalized spacial score (nSPS) is 12.5. The van der Waals surface area contributed by atoms with Crippen molar-refractivity contribution in [1.29, 1.82) is 0 Å². The van der Waals surface area contributed by atoms with Gasteiger partial charge in [0.1, 0.15) is 0 Å². The first-order valence-electron chi connectivity index (χ1n) is 3.71. The van der Waals surface area contributed by atoms with Crippen molar-refractivity contribution in [3.05, 3.63) is 4.65 Å². The molecule has 0 rings (SSSR count). The van der Waals surface area contributed by atoms with E-state index in [1.54, 1.807) is 0 Å². The van der Waals surface area contributed by atoms with Crippen LogP contribution in [0.25, 0.3) is 4.65 Å². The minimum absolute atomic E-state index is 0. The van der Waals surface area contributed by atoms with Crippen molar-refractivity contribution in [3.8, 4) is 0 Å². The smallest absolute Gasteiger partial charge is 0.666 e. The fraction of sp³-hybridized carbons (Fsp3) is 1.00. The molecule has 0 unspecified atom stereocenters. The Morgan fingerprint density at radius 2 is 1.45 bits per heavy atom. The average Bonchev–Trinajstić information content (AvgIpc) is 1.60. The Morgan fingerprint density at radius 1 is 1.09 bits per heavy atom. The van der Waals surface area contributed by atoms with E-state index in [9.17, 15) is 0 Å². The van der Waals surface area contributed by atoms with Crippen molar-refractivity contribution in [3.63, 3.8) is 0 Å². The Kier molecular flexibility index (Phi) is 7.96. The number of nitrogens with zero attached hydrogens (tertiary/aromatic N) is 1. The second kappa shape index (κ2) is 5.66. The molecule has 0 aliphatic rings. The molecule has 62 valence electrons. The molecule has 11 heavy (non-hydrogen) atoms. The number of rotatable bonds is 3. The summed E-state index contributed by atoms with van der Waals surface area (Å²) >= 11 is 0. The van der Waals surface area contributed by atoms with Crippen LogP contribution in [0.2, 0.25) is 32.7 Å². The molecule has 0 saturated carbocycles. The maximum atomic E-state index is 5.60. The van der Waals surface area contributed by atoms with Gasteiger partial charge in [-0.15, -0.1) is 0 Å². The summed E-state index contributed by atoms with van der Waals surface area (Å²) in [5.74, 6) is 0. The van der Waals surface area contributed by atoms with Gasteiger partial charge >= 0.3 is 51.4 Å². The van der Waals surface area contributed by atoms with Crippen LogP contribution in [-0.2, 0) is 0 Å². The topological polar surface area (TPSA) is 40.1 Å². The van der Waals surface area contributed by atoms with Crippen LogP contribution >= 0.6 is 0 Å². The Labute approximate surface area is 115 Å². The number of hydrogen-bond donors (Lipinski definition) is 1. The fourth-order valence-corrected chi connectivity index (χ4v) is 8.58. The van der Waals surface area contributed by atoms with Crippen LogP contribution in [0, 0.1) is 0 Å². The molecule has 0 radical (unpaired) electrons. The van der Waals surface area contributed by atoms with E-state index in [0.29, 0.717) is 0 Å². The molecule has 0 aromatic rings. The maximum Gasteiger partial charge on any atom is 1.00 e. The predicted octanol–water partition coefficient (Wildman–Crippen LogP) is -1.10. The summed E-state index contributed by atoms with van der Waals surface area (Å²) in [6, 6.07) is 0. The molecule has 0 bridgehead atoms. The molecule has 0 heterocycles. The Morgan fingerprint density at radius 3 is 1.55 bits per heavy atom. The fourth-order valence-electron chi connectivity index (χ4n) is 0.954. The third-order valence-corrected chi connectivity index (χ3v) is 7.24. The standard InChI is InChI=1S/C6H19N2Si2.K/c1-9(2,3)8-10(4,5)6-7;/h6-7H2,1-5H3;/q-1;+1. The zero-order chi connectivity index (χ0) is 8.41. The van der Waals surface area contributed by atoms with E-state index < -0.39 is 16.5 Å². The Hall–Kier alpha value is 1.99. The first-order chi connectivity index (χ1) is 4.27. The van der Waals surface area contributed by atoms with Crippen LogP contribution in [-0.4, -0.2) is 22.6 Å². The van der Waals surface area contributed by atoms with Crippen LogP contribution < -0.4 is 57.1 Å². The SMILES string of the molecule is C[Si](C)(C)[N-][Si](C)(C)CN.[K+]. The molecular formula is C6H19KN2Si2. The van der Waals surface area contributed by atoms with E-state index in [4.69, 9.17) is 10.4 Å². The third-order valence-electron chi connectivity index (χ3n) is 1.14. The number of nitrogens with two attached hydrogens (primary N) is 1. The summed E-state index contributed by atoms with van der Waals surface area (Å²) in [5.41, 5.74) is 5.60. The zero-order valence-corrected chi connectivity index (χ0v) is 13.9. The maximum absolute atomic E-state index is 5.60. The van der Waals surface area contributed by atoms with Crippen LogP contribution in [0.3, 0.4) is 0 Å². The predicted molar refractivity (Wildman–Crippen MR) is 53.2 cm³/mol. The van der Waals surface area contributed by atoms with E-state index >= 15 is 0 Å². The van der Waals surface area contributed by atoms with Gasteiger partial charge in [-0.25, -0.2) is 0 Å². The Bertz CT molecular complexity index is 112. The minimum atomic E-state index is -1.35. The van der Waals surface area contributed by atoms with E-state index in [-0.39, 0.29) is 51.4 Å². The largest absolute Gasteiger partial charge is 1.00 e. The first-order valence-corrected chi connectivity index (χ1v) is 10.3. The monoisotopic (exact) mass is 214 g/mol. The second-order valence-corrected chi connectivity index (χ2v) is 13.6. The van der Waals surface area contributed by atoms with Gasteiger partial charge in [-0.3, -0.25) is 0 Å². The van der Waals surface area contributed by atoms with Crippen LogP contribution in [0.15, 0.2) is 0 Å². The van der Waals surface area contributed by atoms with Gasteiger partial charge in [0.2, 0.25) is 0 Å². The average molecular weight is 215 g/mol. The summed E-state index contributed by atoms with van der Waals surface area (Å²) in [5, 5.41) is 0. The molecule has 5 heteroatoms. The third kappa shape index (κ3) is 9.91. The zero-order valence-electron chi connectivity index (χ0n) is 8.73. The minimum Gasteiger partial charge on any atom is -0.666 e. The summed E-state index contributed by atoms with van der Waals surface area (Å²) in [6.07, 6.45) is 0.789. The molecule has 0 spiro atoms. The van der Waals surface area contributed by atoms with Gasteiger partial charge in [0.15, 0.2) is 0 Å². The van der Waals surface area contributed by atoms with E-state index in [1.807, 2.05) is 0 Å². The molecule has 0 aromatic carbocycles. The quantitative estimate of drug-likeness (QED) is 0.596. The molecule has 0 fully saturated rings. The van der Waals surface area contributed by atoms with Gasteiger partial charge in [0, 0.05) is 0 Å². The van der Waals surface area contributed by atoms with Crippen molar-refractivity contribution in [2.75, 3.05) is 6.17 Å². The van der Waals surface area contributed by atoms with Crippen LogP contribution in [0.5, 0.6) is 0 Å². The molecular weight excluding hydrogens is 195 g/mol. The van der Waals surface area contributed by atoms with Crippen LogP contribution in [0.1, 0.15) is 0 Å². The van der Waals surface area contributed by atoms with E-state index in [0.717, 1.165) is 6.17 Å². The summed E-state index contributed by atoms with van der Waals surface area (Å²) < 4.78 is 4.81. The van der Waals surface area contributed by atoms with Gasteiger partial charge in [0.25, 0.3) is 0 Å². The second-order valence-electron chi connectivity index (χ2n) is 4.30. The summed E-state index contributed by atoms with van der Waals surface area (Å²) in [7, 11) is -2.56. The molecule has 0 amide bonds. The van der Waals surface area contributed by atoms with Crippen LogP contribution in [0.4, 0.5) is 0 Å². The first kappa shape index (κ1) is 15.5. The van der Waals surface area contributed by atoms with Gasteiger partial charge in [-0.05, 0) is 14.4 Å². The van der Waals surface area contributed by atoms with Crippen molar-refractivity contribution in [2.45, 2.75) is 32.7 Å². The molecule has 2 nitrogen and oxygen atoms in total. The van der Waals surface area contributed by atoms with Crippen molar-refractivity contribution >= 4 is 16.5 Å². The molecule has 0 aromatic heterocycles. The number of hydrogen-bond acceptors (Lipinski definition) is 1. The van der Waals surface area contributed by atoms with Gasteiger partial charge in [0.05, 0.1) is 0 Å². The summed E-state index contributed by atoms with van der Waals surface area (Å²) in [4.78, 5) is 0. The van der Waals surface area contributed by atoms with Crippen molar-refractivity contribution in [2.24, 2.45) is 5.73 Å². The summed E-state index contributed by atoms with van der Waals surface area (Å²) in [6.45, 7) is 11.2. The van der Waals surface area contributed by atoms with Gasteiger partial charge < -0.3 is 10.4 Å². The van der Waals surface area contributed by atoms with Crippen molar-refractivity contribution in [1.82, 2.24) is 0 Å². The molecule has 0 aliphatic carbocycles. The van der Waals surface area contributed by atoms with Crippen molar-refractivity contribution < 1.29 is 51.4 Å². The molecule has 0 atom stereocenters. The van der Waals surface area contributed by atoms with Gasteiger partial charge in [-0.1, -0.05) is 41.0 Å². The Balaban J connectivity index is 0. The van der Waals surface area contributed by atoms with E-state index in [1.165, 1.54) is 0 Å². The van der Waals surface area contributed by atoms with E-state index in [2.05, 4.69) is 32.7 Å².